The lowest BCUT2D eigenvalue weighted by Crippen LogP contribution is -2.58. The van der Waals surface area contributed by atoms with Crippen LogP contribution >= 0.6 is 0 Å². The molecule has 0 aromatic heterocycles. The van der Waals surface area contributed by atoms with Gasteiger partial charge >= 0.3 is 0 Å². The van der Waals surface area contributed by atoms with E-state index in [9.17, 15) is 5.11 Å². The van der Waals surface area contributed by atoms with Gasteiger partial charge in [0.05, 0.1) is 31.8 Å². The largest absolute Gasteiger partial charge is 0.396 e. The molecule has 0 saturated carbocycles. The Morgan fingerprint density at radius 2 is 1.68 bits per heavy atom. The van der Waals surface area contributed by atoms with Gasteiger partial charge in [0.25, 0.3) is 0 Å². The number of hydrogen-bond acceptors (Lipinski definition) is 4. The van der Waals surface area contributed by atoms with Crippen LogP contribution in [0.25, 0.3) is 0 Å². The van der Waals surface area contributed by atoms with Gasteiger partial charge in [-0.1, -0.05) is 51.1 Å². The molecule has 2 aliphatic rings. The van der Waals surface area contributed by atoms with Gasteiger partial charge in [0, 0.05) is 18.5 Å². The Morgan fingerprint density at radius 3 is 2.27 bits per heavy atom. The molecule has 0 radical (unpaired) electrons. The minimum atomic E-state index is -0.688. The number of hydrogen-bond donors (Lipinski definition) is 1. The molecule has 2 fully saturated rings. The quantitative estimate of drug-likeness (QED) is 0.930. The van der Waals surface area contributed by atoms with Gasteiger partial charge in [-0.3, -0.25) is 4.90 Å². The van der Waals surface area contributed by atoms with E-state index in [4.69, 9.17) is 9.47 Å². The molecule has 122 valence electrons. The Labute approximate surface area is 133 Å². The van der Waals surface area contributed by atoms with E-state index in [-0.39, 0.29) is 12.0 Å². The molecule has 0 aliphatic carbocycles. The van der Waals surface area contributed by atoms with Gasteiger partial charge in [0.1, 0.15) is 0 Å². The first-order chi connectivity index (χ1) is 10.4. The molecule has 3 rings (SSSR count). The maximum atomic E-state index is 9.97. The molecule has 1 aromatic carbocycles. The van der Waals surface area contributed by atoms with Crippen LogP contribution in [0.15, 0.2) is 30.3 Å². The lowest BCUT2D eigenvalue weighted by atomic mass is 9.83. The fraction of sp³-hybridized carbons (Fsp3) is 0.667. The van der Waals surface area contributed by atoms with E-state index < -0.39 is 11.2 Å². The van der Waals surface area contributed by atoms with Crippen LogP contribution in [0.3, 0.4) is 0 Å². The summed E-state index contributed by atoms with van der Waals surface area (Å²) in [6.45, 7) is 10.1. The van der Waals surface area contributed by atoms with Gasteiger partial charge < -0.3 is 14.6 Å². The van der Waals surface area contributed by atoms with Gasteiger partial charge in [-0.15, -0.1) is 0 Å². The van der Waals surface area contributed by atoms with E-state index in [1.54, 1.807) is 0 Å². The Hall–Kier alpha value is -0.940. The highest BCUT2D eigenvalue weighted by Crippen LogP contribution is 2.46. The second-order valence-electron chi connectivity index (χ2n) is 7.84. The SMILES string of the molecule is CC1(C)COC2(CN(Cc3ccccc3)CC2(C)CO)OC1. The number of nitrogens with zero attached hydrogens (tertiary/aromatic N) is 1. The lowest BCUT2D eigenvalue weighted by Gasteiger charge is -2.47. The monoisotopic (exact) mass is 305 g/mol. The Kier molecular flexibility index (Phi) is 4.06. The maximum absolute atomic E-state index is 9.97. The van der Waals surface area contributed by atoms with Crippen molar-refractivity contribution in [2.75, 3.05) is 32.9 Å². The first-order valence-corrected chi connectivity index (χ1v) is 8.03. The second-order valence-corrected chi connectivity index (χ2v) is 7.84. The highest BCUT2D eigenvalue weighted by Gasteiger charge is 2.59. The fourth-order valence-electron chi connectivity index (χ4n) is 3.43. The molecule has 2 saturated heterocycles. The number of likely N-dealkylation sites (tertiary alicyclic amines) is 1. The minimum Gasteiger partial charge on any atom is -0.396 e. The lowest BCUT2D eigenvalue weighted by molar-refractivity contribution is -0.332. The first-order valence-electron chi connectivity index (χ1n) is 8.03. The third-order valence-corrected chi connectivity index (χ3v) is 4.91. The predicted molar refractivity (Wildman–Crippen MR) is 85.3 cm³/mol. The van der Waals surface area contributed by atoms with Gasteiger partial charge in [-0.2, -0.15) is 0 Å². The van der Waals surface area contributed by atoms with Crippen molar-refractivity contribution in [3.63, 3.8) is 0 Å². The predicted octanol–water partition coefficient (Wildman–Crippen LogP) is 2.27. The van der Waals surface area contributed by atoms with Gasteiger partial charge in [0.2, 0.25) is 0 Å². The van der Waals surface area contributed by atoms with E-state index in [0.717, 1.165) is 13.1 Å². The smallest absolute Gasteiger partial charge is 0.189 e. The van der Waals surface area contributed by atoms with E-state index in [1.165, 1.54) is 5.56 Å². The zero-order chi connectivity index (χ0) is 15.8. The summed E-state index contributed by atoms with van der Waals surface area (Å²) in [7, 11) is 0. The summed E-state index contributed by atoms with van der Waals surface area (Å²) in [5.41, 5.74) is 0.920. The second kappa shape index (κ2) is 5.60. The average Bonchev–Trinajstić information content (AvgIpc) is 2.77. The van der Waals surface area contributed by atoms with Crippen molar-refractivity contribution in [2.24, 2.45) is 10.8 Å². The van der Waals surface area contributed by atoms with Crippen molar-refractivity contribution in [1.82, 2.24) is 4.90 Å². The summed E-state index contributed by atoms with van der Waals surface area (Å²) in [5.74, 6) is -0.688. The van der Waals surface area contributed by atoms with E-state index in [0.29, 0.717) is 19.8 Å². The van der Waals surface area contributed by atoms with Crippen LogP contribution < -0.4 is 0 Å². The molecule has 2 aliphatic heterocycles. The van der Waals surface area contributed by atoms with Crippen molar-refractivity contribution < 1.29 is 14.6 Å². The molecule has 2 heterocycles. The minimum absolute atomic E-state index is 0.0362. The standard InChI is InChI=1S/C18H27NO3/c1-16(2)13-21-18(22-14-16)11-19(10-17(18,3)12-20)9-15-7-5-4-6-8-15/h4-8,20H,9-14H2,1-3H3. The molecule has 4 heteroatoms. The highest BCUT2D eigenvalue weighted by molar-refractivity contribution is 5.15. The summed E-state index contributed by atoms with van der Waals surface area (Å²) in [5, 5.41) is 9.97. The van der Waals surface area contributed by atoms with Crippen LogP contribution in [-0.4, -0.2) is 48.7 Å². The van der Waals surface area contributed by atoms with Crippen molar-refractivity contribution in [3.8, 4) is 0 Å². The number of aliphatic hydroxyl groups excluding tert-OH is 1. The molecule has 1 N–H and O–H groups in total. The van der Waals surface area contributed by atoms with Crippen LogP contribution in [0.2, 0.25) is 0 Å². The third kappa shape index (κ3) is 2.81. The summed E-state index contributed by atoms with van der Waals surface area (Å²) in [4.78, 5) is 2.32. The molecule has 1 aromatic rings. The zero-order valence-electron chi connectivity index (χ0n) is 13.8. The number of rotatable bonds is 3. The van der Waals surface area contributed by atoms with Gasteiger partial charge in [0.15, 0.2) is 5.79 Å². The molecule has 0 bridgehead atoms. The summed E-state index contributed by atoms with van der Waals surface area (Å²) < 4.78 is 12.4. The van der Waals surface area contributed by atoms with Crippen LogP contribution in [0.4, 0.5) is 0 Å². The number of benzene rings is 1. The molecule has 1 spiro atoms. The maximum Gasteiger partial charge on any atom is 0.189 e. The molecular weight excluding hydrogens is 278 g/mol. The van der Waals surface area contributed by atoms with Gasteiger partial charge in [-0.25, -0.2) is 0 Å². The van der Waals surface area contributed by atoms with E-state index in [1.807, 2.05) is 6.07 Å². The fourth-order valence-corrected chi connectivity index (χ4v) is 3.43. The van der Waals surface area contributed by atoms with Crippen molar-refractivity contribution in [3.05, 3.63) is 35.9 Å². The van der Waals surface area contributed by atoms with Crippen molar-refractivity contribution in [2.45, 2.75) is 33.1 Å². The van der Waals surface area contributed by atoms with Crippen LogP contribution in [0.5, 0.6) is 0 Å². The van der Waals surface area contributed by atoms with Crippen molar-refractivity contribution >= 4 is 0 Å². The van der Waals surface area contributed by atoms with Gasteiger partial charge in [-0.05, 0) is 5.56 Å². The Balaban J connectivity index is 1.76. The first kappa shape index (κ1) is 15.9. The normalized spacial score (nSPS) is 30.7. The van der Waals surface area contributed by atoms with Crippen LogP contribution in [-0.2, 0) is 16.0 Å². The Morgan fingerprint density at radius 1 is 1.05 bits per heavy atom. The van der Waals surface area contributed by atoms with Crippen LogP contribution in [0, 0.1) is 10.8 Å². The summed E-state index contributed by atoms with van der Waals surface area (Å²) in [6.07, 6.45) is 0. The molecule has 22 heavy (non-hydrogen) atoms. The van der Waals surface area contributed by atoms with Crippen molar-refractivity contribution in [1.29, 1.82) is 0 Å². The average molecular weight is 305 g/mol. The Bertz CT molecular complexity index is 506. The molecule has 1 atom stereocenters. The summed E-state index contributed by atoms with van der Waals surface area (Å²) in [6, 6.07) is 10.4. The molecule has 1 unspecified atom stereocenters. The van der Waals surface area contributed by atoms with Crippen LogP contribution in [0.1, 0.15) is 26.3 Å². The van der Waals surface area contributed by atoms with E-state index >= 15 is 0 Å². The molecular formula is C18H27NO3. The number of aliphatic hydroxyl groups is 1. The molecule has 0 amide bonds. The highest BCUT2D eigenvalue weighted by atomic mass is 16.7. The zero-order valence-corrected chi connectivity index (χ0v) is 13.8. The number of ether oxygens (including phenoxy) is 2. The summed E-state index contributed by atoms with van der Waals surface area (Å²) >= 11 is 0. The molecule has 4 nitrogen and oxygen atoms in total. The van der Waals surface area contributed by atoms with E-state index in [2.05, 4.69) is 49.9 Å². The third-order valence-electron chi connectivity index (χ3n) is 4.91. The topological polar surface area (TPSA) is 41.9 Å².